The second-order valence-electron chi connectivity index (χ2n) is 6.36. The molecule has 1 fully saturated rings. The summed E-state index contributed by atoms with van der Waals surface area (Å²) in [5.74, 6) is 0.912. The van der Waals surface area contributed by atoms with Gasteiger partial charge in [0.2, 0.25) is 5.91 Å². The van der Waals surface area contributed by atoms with E-state index in [0.717, 1.165) is 30.6 Å². The molecule has 0 aliphatic heterocycles. The van der Waals surface area contributed by atoms with E-state index in [1.807, 2.05) is 55.5 Å². The first-order chi connectivity index (χ1) is 11.6. The van der Waals surface area contributed by atoms with Gasteiger partial charge in [0, 0.05) is 5.02 Å². The van der Waals surface area contributed by atoms with Gasteiger partial charge in [-0.1, -0.05) is 47.9 Å². The van der Waals surface area contributed by atoms with Crippen LogP contribution in [-0.2, 0) is 10.2 Å². The maximum Gasteiger partial charge on any atom is 0.230 e. The molecule has 1 aliphatic rings. The first kappa shape index (κ1) is 16.8. The average molecular weight is 344 g/mol. The number of ether oxygens (including phenoxy) is 1. The van der Waals surface area contributed by atoms with Crippen LogP contribution in [0.15, 0.2) is 48.5 Å². The Morgan fingerprint density at radius 1 is 1.12 bits per heavy atom. The fourth-order valence-corrected chi connectivity index (χ4v) is 3.21. The van der Waals surface area contributed by atoms with Gasteiger partial charge in [-0.05, 0) is 49.6 Å². The van der Waals surface area contributed by atoms with Gasteiger partial charge in [-0.3, -0.25) is 4.79 Å². The Kier molecular flexibility index (Phi) is 5.10. The van der Waals surface area contributed by atoms with Gasteiger partial charge >= 0.3 is 0 Å². The van der Waals surface area contributed by atoms with E-state index in [1.165, 1.54) is 5.56 Å². The zero-order valence-corrected chi connectivity index (χ0v) is 14.6. The molecule has 0 aromatic heterocycles. The number of halogens is 1. The SMILES string of the molecule is Cc1ccc(OCCNC(=O)C2(c3ccc(Cl)cc3)CCC2)cc1. The molecule has 1 N–H and O–H groups in total. The molecule has 3 rings (SSSR count). The Balaban J connectivity index is 1.53. The fourth-order valence-electron chi connectivity index (χ4n) is 3.08. The van der Waals surface area contributed by atoms with E-state index in [1.54, 1.807) is 0 Å². The van der Waals surface area contributed by atoms with Gasteiger partial charge in [-0.15, -0.1) is 0 Å². The minimum atomic E-state index is -0.394. The summed E-state index contributed by atoms with van der Waals surface area (Å²) in [4.78, 5) is 12.7. The second-order valence-corrected chi connectivity index (χ2v) is 6.80. The number of aryl methyl sites for hydroxylation is 1. The van der Waals surface area contributed by atoms with Crippen molar-refractivity contribution in [1.82, 2.24) is 5.32 Å². The minimum absolute atomic E-state index is 0.0866. The Morgan fingerprint density at radius 3 is 2.38 bits per heavy atom. The van der Waals surface area contributed by atoms with Gasteiger partial charge in [0.15, 0.2) is 0 Å². The summed E-state index contributed by atoms with van der Waals surface area (Å²) in [5.41, 5.74) is 1.86. The first-order valence-electron chi connectivity index (χ1n) is 8.34. The van der Waals surface area contributed by atoms with Crippen LogP contribution in [0, 0.1) is 6.92 Å². The smallest absolute Gasteiger partial charge is 0.230 e. The van der Waals surface area contributed by atoms with Crippen molar-refractivity contribution < 1.29 is 9.53 Å². The molecule has 0 radical (unpaired) electrons. The Morgan fingerprint density at radius 2 is 1.79 bits per heavy atom. The lowest BCUT2D eigenvalue weighted by molar-refractivity contribution is -0.130. The van der Waals surface area contributed by atoms with Crippen LogP contribution in [0.4, 0.5) is 0 Å². The summed E-state index contributed by atoms with van der Waals surface area (Å²) < 4.78 is 5.66. The summed E-state index contributed by atoms with van der Waals surface area (Å²) in [6, 6.07) is 15.5. The van der Waals surface area contributed by atoms with Crippen LogP contribution >= 0.6 is 11.6 Å². The van der Waals surface area contributed by atoms with Crippen molar-refractivity contribution >= 4 is 17.5 Å². The predicted molar refractivity (Wildman–Crippen MR) is 96.7 cm³/mol. The zero-order chi connectivity index (χ0) is 17.0. The minimum Gasteiger partial charge on any atom is -0.492 e. The maximum absolute atomic E-state index is 12.7. The molecular formula is C20H22ClNO2. The molecule has 0 unspecified atom stereocenters. The van der Waals surface area contributed by atoms with Crippen molar-refractivity contribution in [3.8, 4) is 5.75 Å². The molecule has 1 saturated carbocycles. The molecule has 1 aliphatic carbocycles. The van der Waals surface area contributed by atoms with Crippen molar-refractivity contribution in [2.24, 2.45) is 0 Å². The molecule has 24 heavy (non-hydrogen) atoms. The lowest BCUT2D eigenvalue weighted by atomic mass is 9.64. The standard InChI is InChI=1S/C20H22ClNO2/c1-15-3-9-18(10-4-15)24-14-13-22-19(23)20(11-2-12-20)16-5-7-17(21)8-6-16/h3-10H,2,11-14H2,1H3,(H,22,23). The summed E-state index contributed by atoms with van der Waals surface area (Å²) in [6.07, 6.45) is 2.86. The number of carbonyl (C=O) groups is 1. The molecular weight excluding hydrogens is 322 g/mol. The van der Waals surface area contributed by atoms with Crippen LogP contribution in [0.2, 0.25) is 5.02 Å². The van der Waals surface area contributed by atoms with Crippen molar-refractivity contribution in [3.05, 3.63) is 64.7 Å². The second kappa shape index (κ2) is 7.27. The number of hydrogen-bond donors (Lipinski definition) is 1. The van der Waals surface area contributed by atoms with E-state index in [0.29, 0.717) is 18.2 Å². The summed E-state index contributed by atoms with van der Waals surface area (Å²) in [7, 11) is 0. The molecule has 2 aromatic rings. The highest BCUT2D eigenvalue weighted by Gasteiger charge is 2.45. The quantitative estimate of drug-likeness (QED) is 0.796. The maximum atomic E-state index is 12.7. The number of carbonyl (C=O) groups excluding carboxylic acids is 1. The third-order valence-corrected chi connectivity index (χ3v) is 4.97. The number of benzene rings is 2. The first-order valence-corrected chi connectivity index (χ1v) is 8.72. The molecule has 0 bridgehead atoms. The third-order valence-electron chi connectivity index (χ3n) is 4.72. The van der Waals surface area contributed by atoms with E-state index in [9.17, 15) is 4.79 Å². The molecule has 1 amide bonds. The van der Waals surface area contributed by atoms with Crippen LogP contribution in [0.25, 0.3) is 0 Å². The Labute approximate surface area is 148 Å². The highest BCUT2D eigenvalue weighted by atomic mass is 35.5. The van der Waals surface area contributed by atoms with Crippen LogP contribution in [-0.4, -0.2) is 19.1 Å². The van der Waals surface area contributed by atoms with Crippen LogP contribution in [0.1, 0.15) is 30.4 Å². The normalized spacial score (nSPS) is 15.4. The molecule has 0 spiro atoms. The average Bonchev–Trinajstić information content (AvgIpc) is 2.54. The summed E-state index contributed by atoms with van der Waals surface area (Å²) in [6.45, 7) is 3.01. The number of amides is 1. The molecule has 4 heteroatoms. The van der Waals surface area contributed by atoms with Gasteiger partial charge in [0.05, 0.1) is 12.0 Å². The lowest BCUT2D eigenvalue weighted by Gasteiger charge is -2.40. The van der Waals surface area contributed by atoms with Crippen LogP contribution < -0.4 is 10.1 Å². The molecule has 0 atom stereocenters. The van der Waals surface area contributed by atoms with Gasteiger partial charge in [0.1, 0.15) is 12.4 Å². The zero-order valence-electron chi connectivity index (χ0n) is 13.8. The number of hydrogen-bond acceptors (Lipinski definition) is 2. The van der Waals surface area contributed by atoms with E-state index >= 15 is 0 Å². The predicted octanol–water partition coefficient (Wildman–Crippen LogP) is 4.27. The topological polar surface area (TPSA) is 38.3 Å². The molecule has 3 nitrogen and oxygen atoms in total. The van der Waals surface area contributed by atoms with Gasteiger partial charge in [-0.2, -0.15) is 0 Å². The molecule has 126 valence electrons. The number of nitrogens with one attached hydrogen (secondary N) is 1. The van der Waals surface area contributed by atoms with E-state index in [2.05, 4.69) is 5.32 Å². The highest BCUT2D eigenvalue weighted by Crippen LogP contribution is 2.44. The highest BCUT2D eigenvalue weighted by molar-refractivity contribution is 6.30. The van der Waals surface area contributed by atoms with Crippen molar-refractivity contribution in [1.29, 1.82) is 0 Å². The molecule has 0 heterocycles. The van der Waals surface area contributed by atoms with Crippen LogP contribution in [0.3, 0.4) is 0 Å². The van der Waals surface area contributed by atoms with E-state index in [4.69, 9.17) is 16.3 Å². The van der Waals surface area contributed by atoms with Crippen molar-refractivity contribution in [3.63, 3.8) is 0 Å². The number of rotatable bonds is 6. The fraction of sp³-hybridized carbons (Fsp3) is 0.350. The van der Waals surface area contributed by atoms with Gasteiger partial charge < -0.3 is 10.1 Å². The molecule has 2 aromatic carbocycles. The van der Waals surface area contributed by atoms with Crippen LogP contribution in [0.5, 0.6) is 5.75 Å². The van der Waals surface area contributed by atoms with E-state index < -0.39 is 5.41 Å². The molecule has 0 saturated heterocycles. The van der Waals surface area contributed by atoms with Crippen molar-refractivity contribution in [2.75, 3.05) is 13.2 Å². The lowest BCUT2D eigenvalue weighted by Crippen LogP contribution is -2.50. The summed E-state index contributed by atoms with van der Waals surface area (Å²) in [5, 5.41) is 3.72. The van der Waals surface area contributed by atoms with Gasteiger partial charge in [0.25, 0.3) is 0 Å². The van der Waals surface area contributed by atoms with E-state index in [-0.39, 0.29) is 5.91 Å². The third kappa shape index (κ3) is 3.57. The summed E-state index contributed by atoms with van der Waals surface area (Å²) >= 11 is 5.96. The van der Waals surface area contributed by atoms with Gasteiger partial charge in [-0.25, -0.2) is 0 Å². The largest absolute Gasteiger partial charge is 0.492 e. The van der Waals surface area contributed by atoms with Crippen molar-refractivity contribution in [2.45, 2.75) is 31.6 Å². The Hall–Kier alpha value is -2.00. The monoisotopic (exact) mass is 343 g/mol. The Bertz CT molecular complexity index is 691.